The molecule has 1 aromatic heterocycles. The number of nitrogens with zero attached hydrogens (tertiary/aromatic N) is 3. The summed E-state index contributed by atoms with van der Waals surface area (Å²) in [7, 11) is 0. The van der Waals surface area contributed by atoms with Gasteiger partial charge < -0.3 is 15.0 Å². The Morgan fingerprint density at radius 2 is 1.71 bits per heavy atom. The first-order chi connectivity index (χ1) is 16.9. The number of nitrogens with one attached hydrogen (secondary N) is 1. The molecule has 180 valence electrons. The van der Waals surface area contributed by atoms with Crippen molar-refractivity contribution in [2.75, 3.05) is 18.5 Å². The normalized spacial score (nSPS) is 11.8. The second kappa shape index (κ2) is 10.4. The molecule has 0 fully saturated rings. The molecule has 0 saturated carbocycles. The lowest BCUT2D eigenvalue weighted by Crippen LogP contribution is -2.39. The van der Waals surface area contributed by atoms with Crippen molar-refractivity contribution in [2.24, 2.45) is 0 Å². The number of amides is 2. The van der Waals surface area contributed by atoms with Crippen LogP contribution in [0.2, 0.25) is 0 Å². The Kier molecular flexibility index (Phi) is 7.15. The first-order valence-electron chi connectivity index (χ1n) is 11.8. The van der Waals surface area contributed by atoms with Gasteiger partial charge in [-0.3, -0.25) is 9.36 Å². The molecule has 0 aliphatic rings. The zero-order valence-corrected chi connectivity index (χ0v) is 20.5. The highest BCUT2D eigenvalue weighted by molar-refractivity contribution is 5.89. The van der Waals surface area contributed by atoms with Crippen LogP contribution in [0.25, 0.3) is 16.6 Å². The van der Waals surface area contributed by atoms with Crippen molar-refractivity contribution in [3.63, 3.8) is 0 Å². The highest BCUT2D eigenvalue weighted by atomic mass is 16.5. The number of hydrogen-bond acceptors (Lipinski definition) is 4. The van der Waals surface area contributed by atoms with Crippen LogP contribution < -0.4 is 15.6 Å². The average Bonchev–Trinajstić information content (AvgIpc) is 2.86. The van der Waals surface area contributed by atoms with Crippen LogP contribution in [0.1, 0.15) is 38.2 Å². The number of para-hydroxylation sites is 1. The van der Waals surface area contributed by atoms with E-state index in [9.17, 15) is 9.59 Å². The van der Waals surface area contributed by atoms with Crippen molar-refractivity contribution in [1.82, 2.24) is 14.5 Å². The predicted molar refractivity (Wildman–Crippen MR) is 140 cm³/mol. The Balaban J connectivity index is 1.78. The Labute approximate surface area is 205 Å². The van der Waals surface area contributed by atoms with E-state index in [1.165, 1.54) is 0 Å². The molecule has 0 bridgehead atoms. The molecule has 2 amide bonds. The molecule has 1 N–H and O–H groups in total. The minimum atomic E-state index is -0.477. The van der Waals surface area contributed by atoms with E-state index in [0.717, 1.165) is 11.3 Å². The van der Waals surface area contributed by atoms with E-state index in [1.807, 2.05) is 94.4 Å². The number of rotatable bonds is 7. The summed E-state index contributed by atoms with van der Waals surface area (Å²) in [4.78, 5) is 33.4. The number of carbonyl (C=O) groups is 1. The predicted octanol–water partition coefficient (Wildman–Crippen LogP) is 5.71. The molecule has 4 aromatic rings. The summed E-state index contributed by atoms with van der Waals surface area (Å²) in [5.41, 5.74) is 2.90. The third-order valence-corrected chi connectivity index (χ3v) is 5.95. The van der Waals surface area contributed by atoms with Crippen LogP contribution in [0, 0.1) is 6.92 Å². The topological polar surface area (TPSA) is 76.5 Å². The smallest absolute Gasteiger partial charge is 0.322 e. The lowest BCUT2D eigenvalue weighted by atomic mass is 10.2. The van der Waals surface area contributed by atoms with Gasteiger partial charge in [-0.2, -0.15) is 0 Å². The van der Waals surface area contributed by atoms with E-state index in [4.69, 9.17) is 9.72 Å². The van der Waals surface area contributed by atoms with Crippen LogP contribution in [-0.2, 0) is 0 Å². The maximum absolute atomic E-state index is 13.6. The zero-order chi connectivity index (χ0) is 24.9. The lowest BCUT2D eigenvalue weighted by Gasteiger charge is -2.29. The fourth-order valence-electron chi connectivity index (χ4n) is 4.10. The molecule has 0 aliphatic heterocycles. The molecule has 3 aromatic carbocycles. The number of urea groups is 1. The summed E-state index contributed by atoms with van der Waals surface area (Å²) in [6, 6.07) is 21.5. The molecule has 7 nitrogen and oxygen atoms in total. The highest BCUT2D eigenvalue weighted by Gasteiger charge is 2.26. The fraction of sp³-hybridized carbons (Fsp3) is 0.250. The summed E-state index contributed by atoms with van der Waals surface area (Å²) >= 11 is 0. The molecule has 1 unspecified atom stereocenters. The number of ether oxygens (including phenoxy) is 1. The maximum atomic E-state index is 13.6. The molecular weight excluding hydrogens is 440 g/mol. The summed E-state index contributed by atoms with van der Waals surface area (Å²) in [5, 5.41) is 3.48. The second-order valence-electron chi connectivity index (χ2n) is 8.31. The van der Waals surface area contributed by atoms with Crippen LogP contribution in [0.3, 0.4) is 0 Å². The number of benzene rings is 3. The molecule has 4 rings (SSSR count). The zero-order valence-electron chi connectivity index (χ0n) is 20.5. The second-order valence-corrected chi connectivity index (χ2v) is 8.31. The summed E-state index contributed by atoms with van der Waals surface area (Å²) < 4.78 is 7.15. The third kappa shape index (κ3) is 5.04. The van der Waals surface area contributed by atoms with E-state index in [1.54, 1.807) is 15.5 Å². The van der Waals surface area contributed by atoms with Gasteiger partial charge in [-0.05, 0) is 76.2 Å². The number of anilines is 1. The van der Waals surface area contributed by atoms with Gasteiger partial charge in [0.1, 0.15) is 11.6 Å². The summed E-state index contributed by atoms with van der Waals surface area (Å²) in [6.07, 6.45) is 0. The minimum absolute atomic E-state index is 0.184. The number of fused-ring (bicyclic) bond motifs is 1. The van der Waals surface area contributed by atoms with Crippen molar-refractivity contribution >= 4 is 22.6 Å². The van der Waals surface area contributed by atoms with E-state index >= 15 is 0 Å². The molecule has 0 saturated heterocycles. The monoisotopic (exact) mass is 470 g/mol. The minimum Gasteiger partial charge on any atom is -0.494 e. The Morgan fingerprint density at radius 1 is 1.03 bits per heavy atom. The lowest BCUT2D eigenvalue weighted by molar-refractivity contribution is 0.193. The van der Waals surface area contributed by atoms with Gasteiger partial charge in [0, 0.05) is 12.2 Å². The summed E-state index contributed by atoms with van der Waals surface area (Å²) in [5.74, 6) is 1.21. The van der Waals surface area contributed by atoms with Crippen molar-refractivity contribution in [3.8, 4) is 11.4 Å². The SMILES string of the molecule is CCOc1ccc(-n2c(C(C)N(CC)C(=O)Nc3ccc(C)cc3)nc3ccccc3c2=O)cc1. The van der Waals surface area contributed by atoms with Crippen LogP contribution in [-0.4, -0.2) is 33.6 Å². The van der Waals surface area contributed by atoms with Crippen LogP contribution >= 0.6 is 0 Å². The van der Waals surface area contributed by atoms with Gasteiger partial charge in [-0.1, -0.05) is 29.8 Å². The Bertz CT molecular complexity index is 1380. The maximum Gasteiger partial charge on any atom is 0.322 e. The van der Waals surface area contributed by atoms with Gasteiger partial charge in [0.05, 0.1) is 29.2 Å². The Hall–Kier alpha value is -4.13. The van der Waals surface area contributed by atoms with Gasteiger partial charge in [0.15, 0.2) is 0 Å². The first kappa shape index (κ1) is 24.0. The van der Waals surface area contributed by atoms with Gasteiger partial charge in [0.25, 0.3) is 5.56 Å². The number of carbonyl (C=O) groups excluding carboxylic acids is 1. The number of hydrogen-bond donors (Lipinski definition) is 1. The summed E-state index contributed by atoms with van der Waals surface area (Å²) in [6.45, 7) is 8.71. The number of aryl methyl sites for hydroxylation is 1. The molecule has 1 atom stereocenters. The van der Waals surface area contributed by atoms with Crippen LogP contribution in [0.5, 0.6) is 5.75 Å². The fourth-order valence-corrected chi connectivity index (χ4v) is 4.10. The van der Waals surface area contributed by atoms with Gasteiger partial charge >= 0.3 is 6.03 Å². The van der Waals surface area contributed by atoms with E-state index in [0.29, 0.717) is 41.3 Å². The van der Waals surface area contributed by atoms with Crippen molar-refractivity contribution in [3.05, 3.63) is 94.5 Å². The van der Waals surface area contributed by atoms with Crippen molar-refractivity contribution < 1.29 is 9.53 Å². The highest BCUT2D eigenvalue weighted by Crippen LogP contribution is 2.25. The molecule has 35 heavy (non-hydrogen) atoms. The van der Waals surface area contributed by atoms with Crippen molar-refractivity contribution in [1.29, 1.82) is 0 Å². The van der Waals surface area contributed by atoms with E-state index < -0.39 is 6.04 Å². The third-order valence-electron chi connectivity index (χ3n) is 5.95. The first-order valence-corrected chi connectivity index (χ1v) is 11.8. The van der Waals surface area contributed by atoms with Crippen LogP contribution in [0.15, 0.2) is 77.6 Å². The molecular formula is C28H30N4O3. The van der Waals surface area contributed by atoms with Crippen molar-refractivity contribution in [2.45, 2.75) is 33.7 Å². The average molecular weight is 471 g/mol. The molecule has 1 heterocycles. The van der Waals surface area contributed by atoms with Gasteiger partial charge in [-0.15, -0.1) is 0 Å². The van der Waals surface area contributed by atoms with E-state index in [2.05, 4.69) is 5.32 Å². The quantitative estimate of drug-likeness (QED) is 0.375. The largest absolute Gasteiger partial charge is 0.494 e. The molecule has 0 aliphatic carbocycles. The number of aromatic nitrogens is 2. The standard InChI is InChI=1S/C28H30N4O3/c1-5-31(28(34)29-21-13-11-19(3)12-14-21)20(4)26-30-25-10-8-7-9-24(25)27(33)32(26)22-15-17-23(18-16-22)35-6-2/h7-18,20H,5-6H2,1-4H3,(H,29,34). The van der Waals surface area contributed by atoms with Gasteiger partial charge in [0.2, 0.25) is 0 Å². The van der Waals surface area contributed by atoms with E-state index in [-0.39, 0.29) is 11.6 Å². The Morgan fingerprint density at radius 3 is 2.37 bits per heavy atom. The molecule has 0 radical (unpaired) electrons. The molecule has 7 heteroatoms. The molecule has 0 spiro atoms. The van der Waals surface area contributed by atoms with Gasteiger partial charge in [-0.25, -0.2) is 9.78 Å². The van der Waals surface area contributed by atoms with Crippen LogP contribution in [0.4, 0.5) is 10.5 Å².